The van der Waals surface area contributed by atoms with Crippen molar-refractivity contribution in [3.05, 3.63) is 53.2 Å². The molecule has 0 aliphatic heterocycles. The molecular formula is C14H16N2O3. The highest BCUT2D eigenvalue weighted by Gasteiger charge is 2.09. The van der Waals surface area contributed by atoms with Gasteiger partial charge in [0.1, 0.15) is 12.0 Å². The van der Waals surface area contributed by atoms with Gasteiger partial charge in [0.2, 0.25) is 0 Å². The first-order valence-corrected chi connectivity index (χ1v) is 5.97. The first-order chi connectivity index (χ1) is 9.19. The Labute approximate surface area is 111 Å². The Morgan fingerprint density at radius 2 is 2.26 bits per heavy atom. The predicted molar refractivity (Wildman–Crippen MR) is 69.6 cm³/mol. The average molecular weight is 260 g/mol. The maximum Gasteiger partial charge on any atom is 0.341 e. The Hall–Kier alpha value is -2.14. The number of aryl methyl sites for hydroxylation is 1. The third-order valence-corrected chi connectivity index (χ3v) is 2.68. The quantitative estimate of drug-likeness (QED) is 0.834. The summed E-state index contributed by atoms with van der Waals surface area (Å²) >= 11 is 0. The van der Waals surface area contributed by atoms with Crippen LogP contribution in [0.1, 0.15) is 27.4 Å². The summed E-state index contributed by atoms with van der Waals surface area (Å²) in [5.41, 5.74) is 2.53. The van der Waals surface area contributed by atoms with Crippen molar-refractivity contribution >= 4 is 5.97 Å². The van der Waals surface area contributed by atoms with E-state index in [0.717, 1.165) is 11.3 Å². The summed E-state index contributed by atoms with van der Waals surface area (Å²) in [6, 6.07) is 5.67. The summed E-state index contributed by atoms with van der Waals surface area (Å²) in [6.07, 6.45) is 3.24. The highest BCUT2D eigenvalue weighted by atomic mass is 16.5. The lowest BCUT2D eigenvalue weighted by molar-refractivity contribution is 0.0600. The van der Waals surface area contributed by atoms with Gasteiger partial charge in [0.15, 0.2) is 0 Å². The number of esters is 1. The van der Waals surface area contributed by atoms with E-state index in [2.05, 4.69) is 15.0 Å². The smallest absolute Gasteiger partial charge is 0.341 e. The van der Waals surface area contributed by atoms with E-state index in [1.54, 1.807) is 6.07 Å². The summed E-state index contributed by atoms with van der Waals surface area (Å²) in [6.45, 7) is 3.20. The van der Waals surface area contributed by atoms with Crippen molar-refractivity contribution in [2.75, 3.05) is 7.11 Å². The lowest BCUT2D eigenvalue weighted by atomic mass is 10.2. The fraction of sp³-hybridized carbons (Fsp3) is 0.286. The zero-order valence-electron chi connectivity index (χ0n) is 11.0. The largest absolute Gasteiger partial charge is 0.467 e. The van der Waals surface area contributed by atoms with E-state index in [1.165, 1.54) is 13.4 Å². The minimum absolute atomic E-state index is 0.391. The number of pyridine rings is 1. The first-order valence-electron chi connectivity index (χ1n) is 5.97. The van der Waals surface area contributed by atoms with Crippen molar-refractivity contribution in [1.82, 2.24) is 10.3 Å². The molecule has 2 aromatic heterocycles. The van der Waals surface area contributed by atoms with Crippen LogP contribution in [-0.4, -0.2) is 18.1 Å². The fourth-order valence-electron chi connectivity index (χ4n) is 1.63. The Kier molecular flexibility index (Phi) is 4.30. The van der Waals surface area contributed by atoms with Gasteiger partial charge in [-0.2, -0.15) is 0 Å². The van der Waals surface area contributed by atoms with Crippen LogP contribution < -0.4 is 5.32 Å². The maximum atomic E-state index is 11.2. The molecule has 0 aromatic carbocycles. The van der Waals surface area contributed by atoms with Gasteiger partial charge in [-0.25, -0.2) is 4.79 Å². The van der Waals surface area contributed by atoms with E-state index in [4.69, 9.17) is 4.42 Å². The molecule has 0 bridgehead atoms. The molecule has 0 aliphatic rings. The molecule has 0 aliphatic carbocycles. The van der Waals surface area contributed by atoms with Gasteiger partial charge >= 0.3 is 5.97 Å². The number of hydrogen-bond donors (Lipinski definition) is 1. The molecule has 0 saturated heterocycles. The summed E-state index contributed by atoms with van der Waals surface area (Å²) in [4.78, 5) is 15.5. The van der Waals surface area contributed by atoms with Crippen LogP contribution in [0.15, 0.2) is 35.1 Å². The molecule has 2 rings (SSSR count). The Morgan fingerprint density at radius 1 is 1.42 bits per heavy atom. The molecule has 0 unspecified atom stereocenters. The number of carbonyl (C=O) groups excluding carboxylic acids is 1. The second-order valence-electron chi connectivity index (χ2n) is 4.20. The van der Waals surface area contributed by atoms with E-state index < -0.39 is 5.97 Å². The highest BCUT2D eigenvalue weighted by molar-refractivity contribution is 5.88. The van der Waals surface area contributed by atoms with Crippen LogP contribution in [0.3, 0.4) is 0 Å². The van der Waals surface area contributed by atoms with Crippen LogP contribution in [-0.2, 0) is 17.8 Å². The molecule has 100 valence electrons. The molecule has 0 atom stereocenters. The third-order valence-electron chi connectivity index (χ3n) is 2.68. The molecular weight excluding hydrogens is 244 g/mol. The molecule has 1 N–H and O–H groups in total. The van der Waals surface area contributed by atoms with E-state index in [0.29, 0.717) is 24.4 Å². The van der Waals surface area contributed by atoms with E-state index in [1.807, 2.05) is 25.3 Å². The molecule has 5 heteroatoms. The summed E-state index contributed by atoms with van der Waals surface area (Å²) in [5, 5.41) is 3.22. The molecule has 2 aromatic rings. The van der Waals surface area contributed by atoms with Gasteiger partial charge in [0.05, 0.1) is 19.2 Å². The molecule has 0 fully saturated rings. The Morgan fingerprint density at radius 3 is 2.95 bits per heavy atom. The number of rotatable bonds is 5. The normalized spacial score (nSPS) is 10.4. The van der Waals surface area contributed by atoms with Crippen LogP contribution >= 0.6 is 0 Å². The lowest BCUT2D eigenvalue weighted by Crippen LogP contribution is -2.12. The minimum atomic E-state index is -0.391. The number of nitrogens with one attached hydrogen (secondary N) is 1. The van der Waals surface area contributed by atoms with Gasteiger partial charge < -0.3 is 14.5 Å². The van der Waals surface area contributed by atoms with Crippen molar-refractivity contribution in [3.63, 3.8) is 0 Å². The van der Waals surface area contributed by atoms with Crippen LogP contribution in [0.2, 0.25) is 0 Å². The van der Waals surface area contributed by atoms with Crippen molar-refractivity contribution < 1.29 is 13.9 Å². The molecule has 0 radical (unpaired) electrons. The molecule has 5 nitrogen and oxygen atoms in total. The summed E-state index contributed by atoms with van der Waals surface area (Å²) in [5.74, 6) is 0.304. The Balaban J connectivity index is 1.84. The maximum absolute atomic E-state index is 11.2. The van der Waals surface area contributed by atoms with Gasteiger partial charge in [-0.1, -0.05) is 6.07 Å². The van der Waals surface area contributed by atoms with Crippen molar-refractivity contribution in [2.24, 2.45) is 0 Å². The molecule has 19 heavy (non-hydrogen) atoms. The molecule has 0 amide bonds. The van der Waals surface area contributed by atoms with Crippen LogP contribution in [0.5, 0.6) is 0 Å². The van der Waals surface area contributed by atoms with Gasteiger partial charge in [-0.05, 0) is 24.6 Å². The van der Waals surface area contributed by atoms with Gasteiger partial charge in [0.25, 0.3) is 0 Å². The van der Waals surface area contributed by atoms with Crippen molar-refractivity contribution in [1.29, 1.82) is 0 Å². The first kappa shape index (κ1) is 13.3. The van der Waals surface area contributed by atoms with Crippen LogP contribution in [0.4, 0.5) is 0 Å². The predicted octanol–water partition coefficient (Wildman–Crippen LogP) is 2.06. The zero-order valence-corrected chi connectivity index (χ0v) is 11.0. The van der Waals surface area contributed by atoms with Crippen molar-refractivity contribution in [2.45, 2.75) is 20.0 Å². The fourth-order valence-corrected chi connectivity index (χ4v) is 1.63. The van der Waals surface area contributed by atoms with E-state index in [9.17, 15) is 4.79 Å². The number of furan rings is 1. The lowest BCUT2D eigenvalue weighted by Gasteiger charge is -2.02. The average Bonchev–Trinajstić information content (AvgIpc) is 2.89. The monoisotopic (exact) mass is 260 g/mol. The zero-order chi connectivity index (χ0) is 13.7. The minimum Gasteiger partial charge on any atom is -0.467 e. The topological polar surface area (TPSA) is 64.4 Å². The number of methoxy groups -OCH3 is 1. The van der Waals surface area contributed by atoms with Gasteiger partial charge in [-0.15, -0.1) is 0 Å². The highest BCUT2D eigenvalue weighted by Crippen LogP contribution is 2.09. The number of hydrogen-bond acceptors (Lipinski definition) is 5. The molecule has 2 heterocycles. The van der Waals surface area contributed by atoms with E-state index >= 15 is 0 Å². The van der Waals surface area contributed by atoms with Crippen LogP contribution in [0.25, 0.3) is 0 Å². The number of nitrogens with zero attached hydrogens (tertiary/aromatic N) is 1. The molecule has 0 saturated carbocycles. The summed E-state index contributed by atoms with van der Waals surface area (Å²) in [7, 11) is 1.34. The third kappa shape index (κ3) is 3.66. The summed E-state index contributed by atoms with van der Waals surface area (Å²) < 4.78 is 9.87. The number of ether oxygens (including phenoxy) is 1. The number of aromatic nitrogens is 1. The second-order valence-corrected chi connectivity index (χ2v) is 4.20. The van der Waals surface area contributed by atoms with Gasteiger partial charge in [0, 0.05) is 18.4 Å². The van der Waals surface area contributed by atoms with Crippen molar-refractivity contribution in [3.8, 4) is 0 Å². The Bertz CT molecular complexity index is 546. The standard InChI is InChI=1S/C14H16N2O3/c1-10-3-4-11(7-16-10)6-15-8-13-5-12(9-19-13)14(17)18-2/h3-5,7,9,15H,6,8H2,1-2H3. The van der Waals surface area contributed by atoms with E-state index in [-0.39, 0.29) is 0 Å². The molecule has 0 spiro atoms. The second kappa shape index (κ2) is 6.15. The SMILES string of the molecule is COC(=O)c1coc(CNCc2ccc(C)nc2)c1. The number of carbonyl (C=O) groups is 1. The van der Waals surface area contributed by atoms with Crippen LogP contribution in [0, 0.1) is 6.92 Å². The van der Waals surface area contributed by atoms with Gasteiger partial charge in [-0.3, -0.25) is 4.98 Å².